The summed E-state index contributed by atoms with van der Waals surface area (Å²) in [6.07, 6.45) is 0.615. The van der Waals surface area contributed by atoms with Gasteiger partial charge in [-0.1, -0.05) is 13.8 Å². The van der Waals surface area contributed by atoms with Gasteiger partial charge in [0, 0.05) is 39.3 Å². The molecule has 1 rings (SSSR count). The fourth-order valence-corrected chi connectivity index (χ4v) is 4.33. The highest BCUT2D eigenvalue weighted by Crippen LogP contribution is 2.20. The second kappa shape index (κ2) is 8.34. The van der Waals surface area contributed by atoms with Crippen LogP contribution >= 0.6 is 0 Å². The highest BCUT2D eigenvalue weighted by atomic mass is 32.2. The molecule has 0 saturated carbocycles. The van der Waals surface area contributed by atoms with E-state index >= 15 is 0 Å². The van der Waals surface area contributed by atoms with Gasteiger partial charge in [0.15, 0.2) is 0 Å². The summed E-state index contributed by atoms with van der Waals surface area (Å²) >= 11 is 0. The Morgan fingerprint density at radius 2 is 1.57 bits per heavy atom. The van der Waals surface area contributed by atoms with Gasteiger partial charge in [-0.05, 0) is 19.8 Å². The Morgan fingerprint density at radius 1 is 1.09 bits per heavy atom. The Bertz CT molecular complexity index is 480. The van der Waals surface area contributed by atoms with E-state index in [1.54, 1.807) is 0 Å². The second-order valence-electron chi connectivity index (χ2n) is 5.93. The fourth-order valence-electron chi connectivity index (χ4n) is 2.55. The normalized spacial score (nSPS) is 17.7. The first kappa shape index (κ1) is 20.2. The molecule has 0 spiro atoms. The van der Waals surface area contributed by atoms with Gasteiger partial charge in [-0.3, -0.25) is 4.79 Å². The average Bonchev–Trinajstić information content (AvgIpc) is 2.45. The third-order valence-corrected chi connectivity index (χ3v) is 5.69. The number of halogens is 2. The zero-order chi connectivity index (χ0) is 17.7. The van der Waals surface area contributed by atoms with Crippen LogP contribution in [0.25, 0.3) is 0 Å². The predicted octanol–water partition coefficient (Wildman–Crippen LogP) is 1.54. The van der Waals surface area contributed by atoms with Crippen molar-refractivity contribution in [3.8, 4) is 0 Å². The van der Waals surface area contributed by atoms with Gasteiger partial charge < -0.3 is 4.90 Å². The molecular formula is C14H27F2N3O3S. The number of alkyl halides is 2. The summed E-state index contributed by atoms with van der Waals surface area (Å²) in [6, 6.07) is 0. The van der Waals surface area contributed by atoms with E-state index in [1.807, 2.05) is 13.8 Å². The number of carbonyl (C=O) groups is 1. The quantitative estimate of drug-likeness (QED) is 0.664. The molecule has 1 aliphatic rings. The Kier molecular flexibility index (Phi) is 7.34. The van der Waals surface area contributed by atoms with Crippen molar-refractivity contribution < 1.29 is 22.0 Å². The molecule has 1 saturated heterocycles. The Morgan fingerprint density at radius 3 is 1.96 bits per heavy atom. The molecule has 0 bridgehead atoms. The molecule has 1 amide bonds. The molecule has 0 aromatic carbocycles. The van der Waals surface area contributed by atoms with Crippen molar-refractivity contribution in [3.63, 3.8) is 0 Å². The number of hydrogen-bond acceptors (Lipinski definition) is 3. The maximum absolute atomic E-state index is 12.9. The minimum absolute atomic E-state index is 0.146. The average molecular weight is 355 g/mol. The molecular weight excluding hydrogens is 328 g/mol. The third-order valence-electron chi connectivity index (χ3n) is 3.65. The summed E-state index contributed by atoms with van der Waals surface area (Å²) in [5.41, 5.74) is 0. The number of hydrogen-bond donors (Lipinski definition) is 0. The fraction of sp³-hybridized carbons (Fsp3) is 0.929. The lowest BCUT2D eigenvalue weighted by atomic mass is 10.2. The van der Waals surface area contributed by atoms with Gasteiger partial charge in [0.1, 0.15) is 0 Å². The standard InChI is InChI=1S/C14H27F2N3O3S/c1-4-6-18(7-5-2)23(21,22)19-10-8-17(9-11-19)13(20)12-14(3,15)16/h4-12H2,1-3H3. The molecule has 0 aliphatic carbocycles. The maximum Gasteiger partial charge on any atom is 0.282 e. The van der Waals surface area contributed by atoms with Crippen molar-refractivity contribution in [2.45, 2.75) is 46.0 Å². The number of amides is 1. The third kappa shape index (κ3) is 5.96. The van der Waals surface area contributed by atoms with Crippen LogP contribution in [0, 0.1) is 0 Å². The summed E-state index contributed by atoms with van der Waals surface area (Å²) in [6.45, 7) is 6.05. The first-order chi connectivity index (χ1) is 10.6. The number of rotatable bonds is 8. The van der Waals surface area contributed by atoms with Gasteiger partial charge in [0.05, 0.1) is 6.42 Å². The molecule has 0 N–H and O–H groups in total. The second-order valence-corrected chi connectivity index (χ2v) is 7.86. The van der Waals surface area contributed by atoms with Gasteiger partial charge in [-0.15, -0.1) is 0 Å². The highest BCUT2D eigenvalue weighted by molar-refractivity contribution is 7.86. The van der Waals surface area contributed by atoms with Crippen molar-refractivity contribution in [1.82, 2.24) is 13.5 Å². The van der Waals surface area contributed by atoms with Gasteiger partial charge in [-0.2, -0.15) is 17.0 Å². The smallest absolute Gasteiger partial charge is 0.282 e. The zero-order valence-corrected chi connectivity index (χ0v) is 14.9. The zero-order valence-electron chi connectivity index (χ0n) is 14.1. The molecule has 0 atom stereocenters. The van der Waals surface area contributed by atoms with E-state index < -0.39 is 28.5 Å². The predicted molar refractivity (Wildman–Crippen MR) is 84.5 cm³/mol. The lowest BCUT2D eigenvalue weighted by Crippen LogP contribution is -2.54. The molecule has 0 aromatic heterocycles. The van der Waals surface area contributed by atoms with Crippen LogP contribution in [0.1, 0.15) is 40.0 Å². The van der Waals surface area contributed by atoms with E-state index in [0.717, 1.165) is 12.8 Å². The van der Waals surface area contributed by atoms with E-state index in [0.29, 0.717) is 20.0 Å². The first-order valence-corrected chi connectivity index (χ1v) is 9.42. The number of piperazine rings is 1. The lowest BCUT2D eigenvalue weighted by Gasteiger charge is -2.37. The lowest BCUT2D eigenvalue weighted by molar-refractivity contribution is -0.138. The van der Waals surface area contributed by atoms with E-state index in [-0.39, 0.29) is 26.2 Å². The Labute approximate surface area is 137 Å². The topological polar surface area (TPSA) is 60.9 Å². The largest absolute Gasteiger partial charge is 0.340 e. The highest BCUT2D eigenvalue weighted by Gasteiger charge is 2.34. The van der Waals surface area contributed by atoms with Crippen LogP contribution < -0.4 is 0 Å². The number of carbonyl (C=O) groups excluding carboxylic acids is 1. The molecule has 0 radical (unpaired) electrons. The summed E-state index contributed by atoms with van der Waals surface area (Å²) in [5.74, 6) is -3.67. The van der Waals surface area contributed by atoms with Crippen molar-refractivity contribution >= 4 is 16.1 Å². The summed E-state index contributed by atoms with van der Waals surface area (Å²) in [4.78, 5) is 13.1. The van der Waals surface area contributed by atoms with Crippen molar-refractivity contribution in [3.05, 3.63) is 0 Å². The molecule has 136 valence electrons. The summed E-state index contributed by atoms with van der Waals surface area (Å²) < 4.78 is 53.8. The maximum atomic E-state index is 12.9. The minimum Gasteiger partial charge on any atom is -0.340 e. The molecule has 6 nitrogen and oxygen atoms in total. The van der Waals surface area contributed by atoms with Gasteiger partial charge in [0.2, 0.25) is 5.91 Å². The van der Waals surface area contributed by atoms with E-state index in [4.69, 9.17) is 0 Å². The minimum atomic E-state index is -3.55. The molecule has 23 heavy (non-hydrogen) atoms. The monoisotopic (exact) mass is 355 g/mol. The Hall–Kier alpha value is -0.800. The van der Waals surface area contributed by atoms with Crippen molar-refractivity contribution in [1.29, 1.82) is 0 Å². The van der Waals surface area contributed by atoms with Gasteiger partial charge in [0.25, 0.3) is 16.1 Å². The first-order valence-electron chi connectivity index (χ1n) is 8.02. The summed E-state index contributed by atoms with van der Waals surface area (Å²) in [7, 11) is -3.55. The van der Waals surface area contributed by atoms with E-state index in [1.165, 1.54) is 13.5 Å². The van der Waals surface area contributed by atoms with Crippen LogP contribution in [0.15, 0.2) is 0 Å². The Balaban J connectivity index is 2.65. The van der Waals surface area contributed by atoms with Crippen LogP contribution in [-0.4, -0.2) is 73.0 Å². The van der Waals surface area contributed by atoms with Gasteiger partial charge in [-0.25, -0.2) is 8.78 Å². The molecule has 1 heterocycles. The molecule has 0 aromatic rings. The molecule has 9 heteroatoms. The van der Waals surface area contributed by atoms with Crippen molar-refractivity contribution in [2.24, 2.45) is 0 Å². The van der Waals surface area contributed by atoms with Crippen LogP contribution in [-0.2, 0) is 15.0 Å². The summed E-state index contributed by atoms with van der Waals surface area (Å²) in [5, 5.41) is 0. The number of nitrogens with zero attached hydrogens (tertiary/aromatic N) is 3. The van der Waals surface area contributed by atoms with E-state index in [9.17, 15) is 22.0 Å². The molecule has 0 unspecified atom stereocenters. The SMILES string of the molecule is CCCN(CCC)S(=O)(=O)N1CCN(C(=O)CC(C)(F)F)CC1. The molecule has 1 aliphatic heterocycles. The van der Waals surface area contributed by atoms with Gasteiger partial charge >= 0.3 is 0 Å². The van der Waals surface area contributed by atoms with Crippen molar-refractivity contribution in [2.75, 3.05) is 39.3 Å². The van der Waals surface area contributed by atoms with Crippen LogP contribution in [0.3, 0.4) is 0 Å². The van der Waals surface area contributed by atoms with E-state index in [2.05, 4.69) is 0 Å². The molecule has 1 fully saturated rings. The van der Waals surface area contributed by atoms with Crippen LogP contribution in [0.4, 0.5) is 8.78 Å². The van der Waals surface area contributed by atoms with Crippen LogP contribution in [0.5, 0.6) is 0 Å². The van der Waals surface area contributed by atoms with Crippen LogP contribution in [0.2, 0.25) is 0 Å².